The number of aromatic amines is 1. The molecule has 0 bridgehead atoms. The molecule has 5 rings (SSSR count). The zero-order chi connectivity index (χ0) is 18.8. The van der Waals surface area contributed by atoms with E-state index in [4.69, 9.17) is 4.98 Å². The van der Waals surface area contributed by atoms with E-state index in [1.165, 1.54) is 43.4 Å². The van der Waals surface area contributed by atoms with E-state index in [1.807, 2.05) is 35.4 Å². The molecule has 142 valence electrons. The molecule has 0 amide bonds. The van der Waals surface area contributed by atoms with Gasteiger partial charge in [0.25, 0.3) is 0 Å². The Balaban J connectivity index is 1.46. The zero-order valence-corrected chi connectivity index (χ0v) is 15.9. The Bertz CT molecular complexity index is 1080. The van der Waals surface area contributed by atoms with Gasteiger partial charge in [0.1, 0.15) is 11.5 Å². The molecule has 6 nitrogen and oxygen atoms in total. The Kier molecular flexibility index (Phi) is 4.53. The number of rotatable bonds is 3. The number of pyridine rings is 2. The van der Waals surface area contributed by atoms with E-state index in [2.05, 4.69) is 38.7 Å². The van der Waals surface area contributed by atoms with Crippen LogP contribution in [-0.2, 0) is 12.8 Å². The zero-order valence-electron chi connectivity index (χ0n) is 15.9. The summed E-state index contributed by atoms with van der Waals surface area (Å²) in [7, 11) is 0. The Morgan fingerprint density at radius 2 is 1.89 bits per heavy atom. The minimum absolute atomic E-state index is 0.859. The van der Waals surface area contributed by atoms with Crippen molar-refractivity contribution < 1.29 is 0 Å². The number of aryl methyl sites for hydroxylation is 1. The number of nitrogens with one attached hydrogen (secondary N) is 2. The largest absolute Gasteiger partial charge is 0.339 e. The summed E-state index contributed by atoms with van der Waals surface area (Å²) in [6, 6.07) is 6.24. The van der Waals surface area contributed by atoms with Crippen LogP contribution in [0.5, 0.6) is 0 Å². The molecule has 0 radical (unpaired) electrons. The van der Waals surface area contributed by atoms with Crippen molar-refractivity contribution in [1.82, 2.24) is 24.6 Å². The molecule has 0 spiro atoms. The minimum atomic E-state index is 0.859. The lowest BCUT2D eigenvalue weighted by atomic mass is 10.0. The molecule has 1 aliphatic rings. The van der Waals surface area contributed by atoms with Crippen molar-refractivity contribution in [3.05, 3.63) is 60.4 Å². The first-order chi connectivity index (χ1) is 13.9. The third kappa shape index (κ3) is 3.38. The van der Waals surface area contributed by atoms with E-state index in [0.29, 0.717) is 0 Å². The number of nitrogens with zero attached hydrogens (tertiary/aromatic N) is 4. The number of imidazole rings is 1. The molecule has 0 atom stereocenters. The predicted octanol–water partition coefficient (Wildman–Crippen LogP) is 4.91. The van der Waals surface area contributed by atoms with Gasteiger partial charge >= 0.3 is 0 Å². The molecule has 28 heavy (non-hydrogen) atoms. The molecular formula is C22H24N6. The first-order valence-electron chi connectivity index (χ1n) is 10.1. The van der Waals surface area contributed by atoms with E-state index in [-0.39, 0.29) is 0 Å². The maximum absolute atomic E-state index is 4.79. The third-order valence-corrected chi connectivity index (χ3v) is 5.54. The highest BCUT2D eigenvalue weighted by Gasteiger charge is 2.13. The highest BCUT2D eigenvalue weighted by molar-refractivity contribution is 5.69. The topological polar surface area (TPSA) is 70.9 Å². The lowest BCUT2D eigenvalue weighted by molar-refractivity contribution is 0.628. The fourth-order valence-electron chi connectivity index (χ4n) is 4.04. The summed E-state index contributed by atoms with van der Waals surface area (Å²) in [5, 5.41) is 10.4. The molecule has 0 saturated carbocycles. The van der Waals surface area contributed by atoms with Gasteiger partial charge in [-0.05, 0) is 55.0 Å². The van der Waals surface area contributed by atoms with Crippen LogP contribution in [0.4, 0.5) is 11.5 Å². The number of hydrogen-bond donors (Lipinski definition) is 2. The molecule has 0 aromatic carbocycles. The molecule has 4 aromatic rings. The van der Waals surface area contributed by atoms with Crippen LogP contribution < -0.4 is 5.32 Å². The van der Waals surface area contributed by atoms with E-state index < -0.39 is 0 Å². The van der Waals surface area contributed by atoms with E-state index in [0.717, 1.165) is 41.1 Å². The monoisotopic (exact) mass is 372 g/mol. The lowest BCUT2D eigenvalue weighted by Crippen LogP contribution is -2.03. The van der Waals surface area contributed by atoms with Crippen LogP contribution in [0.25, 0.3) is 16.8 Å². The summed E-state index contributed by atoms with van der Waals surface area (Å²) >= 11 is 0. The third-order valence-electron chi connectivity index (χ3n) is 5.54. The van der Waals surface area contributed by atoms with Gasteiger partial charge in [-0.3, -0.25) is 10.1 Å². The van der Waals surface area contributed by atoms with Gasteiger partial charge in [-0.1, -0.05) is 19.3 Å². The van der Waals surface area contributed by atoms with Crippen LogP contribution in [0.2, 0.25) is 0 Å². The predicted molar refractivity (Wildman–Crippen MR) is 111 cm³/mol. The van der Waals surface area contributed by atoms with Crippen molar-refractivity contribution in [2.24, 2.45) is 0 Å². The second-order valence-corrected chi connectivity index (χ2v) is 7.47. The molecule has 2 N–H and O–H groups in total. The molecule has 6 heteroatoms. The van der Waals surface area contributed by atoms with Gasteiger partial charge in [-0.25, -0.2) is 4.98 Å². The summed E-state index contributed by atoms with van der Waals surface area (Å²) in [4.78, 5) is 9.46. The molecule has 0 unspecified atom stereocenters. The Morgan fingerprint density at radius 1 is 1.00 bits per heavy atom. The average molecular weight is 372 g/mol. The van der Waals surface area contributed by atoms with Gasteiger partial charge in [-0.15, -0.1) is 0 Å². The van der Waals surface area contributed by atoms with E-state index >= 15 is 0 Å². The van der Waals surface area contributed by atoms with Crippen molar-refractivity contribution in [1.29, 1.82) is 0 Å². The summed E-state index contributed by atoms with van der Waals surface area (Å²) in [5.74, 6) is 0.859. The van der Waals surface area contributed by atoms with Crippen LogP contribution in [0.15, 0.2) is 49.2 Å². The molecular weight excluding hydrogens is 348 g/mol. The number of H-pyrrole nitrogens is 1. The first-order valence-corrected chi connectivity index (χ1v) is 10.1. The summed E-state index contributed by atoms with van der Waals surface area (Å²) in [6.45, 7) is 0. The maximum atomic E-state index is 4.79. The molecule has 0 saturated heterocycles. The van der Waals surface area contributed by atoms with Gasteiger partial charge < -0.3 is 9.72 Å². The lowest BCUT2D eigenvalue weighted by Gasteiger charge is -2.13. The Hall–Kier alpha value is -3.15. The van der Waals surface area contributed by atoms with Crippen molar-refractivity contribution in [2.45, 2.75) is 44.9 Å². The van der Waals surface area contributed by atoms with Gasteiger partial charge in [0.05, 0.1) is 12.4 Å². The standard InChI is InChI=1S/C22H24N6/c1-2-4-6-18-19(7-5-3-1)23-10-8-20(18)26-21-15-28-11-9-16(12-22(28)27-21)17-13-24-25-14-17/h8-15H,1-7H2,(H,23,26)(H,24,25). The summed E-state index contributed by atoms with van der Waals surface area (Å²) in [5.41, 5.74) is 6.83. The van der Waals surface area contributed by atoms with Crippen molar-refractivity contribution in [3.8, 4) is 11.1 Å². The second kappa shape index (κ2) is 7.46. The number of hydrogen-bond acceptors (Lipinski definition) is 4. The van der Waals surface area contributed by atoms with Gasteiger partial charge in [-0.2, -0.15) is 5.10 Å². The number of fused-ring (bicyclic) bond motifs is 2. The van der Waals surface area contributed by atoms with Gasteiger partial charge in [0.2, 0.25) is 0 Å². The molecule has 0 aliphatic heterocycles. The normalized spacial score (nSPS) is 14.9. The van der Waals surface area contributed by atoms with Crippen LogP contribution in [0, 0.1) is 0 Å². The fraction of sp³-hybridized carbons (Fsp3) is 0.318. The maximum Gasteiger partial charge on any atom is 0.149 e. The van der Waals surface area contributed by atoms with Crippen LogP contribution >= 0.6 is 0 Å². The van der Waals surface area contributed by atoms with Crippen LogP contribution in [0.1, 0.15) is 43.4 Å². The van der Waals surface area contributed by atoms with Crippen molar-refractivity contribution >= 4 is 17.2 Å². The first kappa shape index (κ1) is 17.0. The van der Waals surface area contributed by atoms with Crippen LogP contribution in [-0.4, -0.2) is 24.6 Å². The van der Waals surface area contributed by atoms with Crippen molar-refractivity contribution in [3.63, 3.8) is 0 Å². The Labute approximate surface area is 164 Å². The molecule has 0 fully saturated rings. The highest BCUT2D eigenvalue weighted by atomic mass is 15.1. The van der Waals surface area contributed by atoms with Crippen molar-refractivity contribution in [2.75, 3.05) is 5.32 Å². The number of anilines is 2. The van der Waals surface area contributed by atoms with Gasteiger partial charge in [0, 0.05) is 35.5 Å². The van der Waals surface area contributed by atoms with Gasteiger partial charge in [0.15, 0.2) is 0 Å². The highest BCUT2D eigenvalue weighted by Crippen LogP contribution is 2.28. The fourth-order valence-corrected chi connectivity index (χ4v) is 4.04. The molecule has 4 aromatic heterocycles. The summed E-state index contributed by atoms with van der Waals surface area (Å²) in [6.07, 6.45) is 18.3. The SMILES string of the molecule is c1cc(Nc2cn3ccc(-c4cn[nH]c4)cc3n2)c2c(n1)CCCCCCC2. The molecule has 4 heterocycles. The van der Waals surface area contributed by atoms with E-state index in [9.17, 15) is 0 Å². The van der Waals surface area contributed by atoms with Crippen LogP contribution in [0.3, 0.4) is 0 Å². The smallest absolute Gasteiger partial charge is 0.149 e. The summed E-state index contributed by atoms with van der Waals surface area (Å²) < 4.78 is 2.04. The van der Waals surface area contributed by atoms with E-state index in [1.54, 1.807) is 0 Å². The number of aromatic nitrogens is 5. The quantitative estimate of drug-likeness (QED) is 0.536. The average Bonchev–Trinajstić information content (AvgIpc) is 3.38. The minimum Gasteiger partial charge on any atom is -0.339 e. The Morgan fingerprint density at radius 3 is 2.79 bits per heavy atom. The second-order valence-electron chi connectivity index (χ2n) is 7.47. The molecule has 1 aliphatic carbocycles.